The van der Waals surface area contributed by atoms with Crippen LogP contribution >= 0.6 is 0 Å². The van der Waals surface area contributed by atoms with Crippen LogP contribution in [0.5, 0.6) is 5.75 Å². The van der Waals surface area contributed by atoms with Gasteiger partial charge in [-0.25, -0.2) is 13.2 Å². The lowest BCUT2D eigenvalue weighted by atomic mass is 9.89. The standard InChI is InChI=1S/C18H23F3O6S/c1-17(2,13-5-3-4-6-13)27-15-11-12(7-8-14(15)18(19,20)21)16(22)26-9-10-28(23,24)25/h7-8,11,13H,3-6,9-10H2,1-2H3,(H,23,24,25)/p-1. The molecule has 0 N–H and O–H groups in total. The molecule has 28 heavy (non-hydrogen) atoms. The molecule has 1 saturated carbocycles. The van der Waals surface area contributed by atoms with Crippen LogP contribution in [-0.2, 0) is 21.0 Å². The van der Waals surface area contributed by atoms with Crippen LogP contribution < -0.4 is 4.74 Å². The van der Waals surface area contributed by atoms with Gasteiger partial charge in [-0.2, -0.15) is 13.2 Å². The minimum Gasteiger partial charge on any atom is -0.748 e. The lowest BCUT2D eigenvalue weighted by Crippen LogP contribution is -2.36. The molecule has 1 fully saturated rings. The summed E-state index contributed by atoms with van der Waals surface area (Å²) in [6.45, 7) is 2.75. The third-order valence-corrected chi connectivity index (χ3v) is 5.47. The van der Waals surface area contributed by atoms with Crippen LogP contribution in [0, 0.1) is 5.92 Å². The molecule has 0 aliphatic heterocycles. The van der Waals surface area contributed by atoms with E-state index in [0.29, 0.717) is 0 Å². The fourth-order valence-corrected chi connectivity index (χ4v) is 3.56. The minimum atomic E-state index is -4.68. The summed E-state index contributed by atoms with van der Waals surface area (Å²) in [4.78, 5) is 12.0. The Morgan fingerprint density at radius 2 is 1.82 bits per heavy atom. The second kappa shape index (κ2) is 8.28. The molecule has 0 spiro atoms. The highest BCUT2D eigenvalue weighted by Gasteiger charge is 2.39. The topological polar surface area (TPSA) is 92.7 Å². The average molecular weight is 423 g/mol. The number of hydrogen-bond acceptors (Lipinski definition) is 6. The highest BCUT2D eigenvalue weighted by Crippen LogP contribution is 2.42. The van der Waals surface area contributed by atoms with Gasteiger partial charge in [-0.3, -0.25) is 0 Å². The summed E-state index contributed by atoms with van der Waals surface area (Å²) in [6.07, 6.45) is -1.02. The van der Waals surface area contributed by atoms with Crippen LogP contribution in [0.2, 0.25) is 0 Å². The van der Waals surface area contributed by atoms with E-state index in [0.717, 1.165) is 43.9 Å². The number of rotatable bonds is 7. The second-order valence-corrected chi connectivity index (χ2v) is 8.82. The van der Waals surface area contributed by atoms with Crippen molar-refractivity contribution in [2.24, 2.45) is 5.92 Å². The van der Waals surface area contributed by atoms with E-state index < -0.39 is 51.5 Å². The van der Waals surface area contributed by atoms with Crippen LogP contribution in [-0.4, -0.2) is 36.9 Å². The molecular formula is C18H22F3O6S-. The van der Waals surface area contributed by atoms with Gasteiger partial charge in [0, 0.05) is 0 Å². The van der Waals surface area contributed by atoms with E-state index in [1.165, 1.54) is 0 Å². The van der Waals surface area contributed by atoms with E-state index in [2.05, 4.69) is 4.74 Å². The van der Waals surface area contributed by atoms with Crippen LogP contribution in [0.15, 0.2) is 18.2 Å². The largest absolute Gasteiger partial charge is 0.748 e. The van der Waals surface area contributed by atoms with E-state index in [9.17, 15) is 30.9 Å². The maximum Gasteiger partial charge on any atom is 0.419 e. The molecule has 0 atom stereocenters. The number of alkyl halides is 3. The summed E-state index contributed by atoms with van der Waals surface area (Å²) < 4.78 is 82.1. The molecule has 0 unspecified atom stereocenters. The summed E-state index contributed by atoms with van der Waals surface area (Å²) in [7, 11) is -4.57. The van der Waals surface area contributed by atoms with E-state index in [1.807, 2.05) is 0 Å². The van der Waals surface area contributed by atoms with Crippen molar-refractivity contribution in [2.45, 2.75) is 51.3 Å². The molecule has 1 aliphatic carbocycles. The van der Waals surface area contributed by atoms with Gasteiger partial charge >= 0.3 is 12.1 Å². The number of hydrogen-bond donors (Lipinski definition) is 0. The normalized spacial score (nSPS) is 16.2. The number of carbonyl (C=O) groups excluding carboxylic acids is 1. The minimum absolute atomic E-state index is 0.0893. The van der Waals surface area contributed by atoms with Crippen molar-refractivity contribution in [3.8, 4) is 5.75 Å². The number of benzene rings is 1. The first-order valence-corrected chi connectivity index (χ1v) is 10.4. The molecule has 2 rings (SSSR count). The second-order valence-electron chi connectivity index (χ2n) is 7.29. The Balaban J connectivity index is 2.25. The Bertz CT molecular complexity index is 811. The van der Waals surface area contributed by atoms with E-state index in [1.54, 1.807) is 13.8 Å². The van der Waals surface area contributed by atoms with E-state index in [-0.39, 0.29) is 11.5 Å². The van der Waals surface area contributed by atoms with Crippen LogP contribution in [0.3, 0.4) is 0 Å². The van der Waals surface area contributed by atoms with Crippen molar-refractivity contribution in [1.82, 2.24) is 0 Å². The van der Waals surface area contributed by atoms with Crippen LogP contribution in [0.4, 0.5) is 13.2 Å². The smallest absolute Gasteiger partial charge is 0.419 e. The van der Waals surface area contributed by atoms with Gasteiger partial charge in [0.2, 0.25) is 0 Å². The Kier molecular flexibility index (Phi) is 6.65. The van der Waals surface area contributed by atoms with Gasteiger partial charge in [0.25, 0.3) is 0 Å². The van der Waals surface area contributed by atoms with Crippen molar-refractivity contribution in [3.63, 3.8) is 0 Å². The molecular weight excluding hydrogens is 401 g/mol. The summed E-state index contributed by atoms with van der Waals surface area (Å²) in [5.41, 5.74) is -2.11. The first-order chi connectivity index (χ1) is 12.8. The molecule has 0 radical (unpaired) electrons. The molecule has 6 nitrogen and oxygen atoms in total. The van der Waals surface area contributed by atoms with Gasteiger partial charge in [0.05, 0.1) is 27.0 Å². The fourth-order valence-electron chi connectivity index (χ4n) is 3.28. The lowest BCUT2D eigenvalue weighted by molar-refractivity contribution is -0.140. The third kappa shape index (κ3) is 6.10. The van der Waals surface area contributed by atoms with Gasteiger partial charge in [-0.15, -0.1) is 0 Å². The van der Waals surface area contributed by atoms with Gasteiger partial charge in [0.15, 0.2) is 0 Å². The lowest BCUT2D eigenvalue weighted by Gasteiger charge is -2.33. The number of carbonyl (C=O) groups is 1. The molecule has 0 saturated heterocycles. The van der Waals surface area contributed by atoms with Crippen LogP contribution in [0.1, 0.15) is 55.5 Å². The molecule has 1 aromatic rings. The molecule has 0 amide bonds. The predicted molar refractivity (Wildman–Crippen MR) is 93.0 cm³/mol. The van der Waals surface area contributed by atoms with Gasteiger partial charge < -0.3 is 14.0 Å². The first-order valence-electron chi connectivity index (χ1n) is 8.80. The quantitative estimate of drug-likeness (QED) is 0.490. The number of halogens is 3. The van der Waals surface area contributed by atoms with Gasteiger partial charge in [0.1, 0.15) is 18.0 Å². The third-order valence-electron chi connectivity index (χ3n) is 4.80. The van der Waals surface area contributed by atoms with Crippen molar-refractivity contribution in [1.29, 1.82) is 0 Å². The molecule has 0 heterocycles. The molecule has 1 aliphatic rings. The Morgan fingerprint density at radius 3 is 2.36 bits per heavy atom. The zero-order valence-electron chi connectivity index (χ0n) is 15.5. The monoisotopic (exact) mass is 423 g/mol. The Morgan fingerprint density at radius 1 is 1.21 bits per heavy atom. The van der Waals surface area contributed by atoms with Crippen molar-refractivity contribution >= 4 is 16.1 Å². The molecule has 0 bridgehead atoms. The first kappa shape index (κ1) is 22.5. The maximum atomic E-state index is 13.4. The van der Waals surface area contributed by atoms with Crippen molar-refractivity contribution in [3.05, 3.63) is 29.3 Å². The highest BCUT2D eigenvalue weighted by molar-refractivity contribution is 7.85. The molecule has 10 heteroatoms. The molecule has 1 aromatic carbocycles. The zero-order chi connectivity index (χ0) is 21.2. The van der Waals surface area contributed by atoms with Gasteiger partial charge in [-0.1, -0.05) is 12.8 Å². The number of ether oxygens (including phenoxy) is 2. The average Bonchev–Trinajstić information content (AvgIpc) is 3.07. The Hall–Kier alpha value is -1.81. The summed E-state index contributed by atoms with van der Waals surface area (Å²) in [5, 5.41) is 0. The van der Waals surface area contributed by atoms with E-state index >= 15 is 0 Å². The van der Waals surface area contributed by atoms with Gasteiger partial charge in [-0.05, 0) is 50.8 Å². The van der Waals surface area contributed by atoms with Crippen molar-refractivity contribution < 1.29 is 40.4 Å². The number of esters is 1. The SMILES string of the molecule is CC(C)(Oc1cc(C(=O)OCCS(=O)(=O)[O-])ccc1C(F)(F)F)C1CCCC1. The molecule has 158 valence electrons. The summed E-state index contributed by atoms with van der Waals surface area (Å²) in [6, 6.07) is 2.58. The van der Waals surface area contributed by atoms with Crippen LogP contribution in [0.25, 0.3) is 0 Å². The highest BCUT2D eigenvalue weighted by atomic mass is 32.2. The molecule has 0 aromatic heterocycles. The van der Waals surface area contributed by atoms with E-state index in [4.69, 9.17) is 4.74 Å². The zero-order valence-corrected chi connectivity index (χ0v) is 16.4. The summed E-state index contributed by atoms with van der Waals surface area (Å²) in [5.74, 6) is -2.36. The fraction of sp³-hybridized carbons (Fsp3) is 0.611. The maximum absolute atomic E-state index is 13.4. The summed E-state index contributed by atoms with van der Waals surface area (Å²) >= 11 is 0. The Labute approximate surface area is 161 Å². The predicted octanol–water partition coefficient (Wildman–Crippen LogP) is 3.76. The van der Waals surface area contributed by atoms with Crippen molar-refractivity contribution in [2.75, 3.05) is 12.4 Å².